The summed E-state index contributed by atoms with van der Waals surface area (Å²) >= 11 is 0. The number of nitrogens with two attached hydrogens (primary N) is 1. The molecule has 1 aromatic carbocycles. The molecule has 9 nitrogen and oxygen atoms in total. The van der Waals surface area contributed by atoms with Crippen molar-refractivity contribution < 1.29 is 49.0 Å². The van der Waals surface area contributed by atoms with Crippen molar-refractivity contribution in [3.63, 3.8) is 0 Å². The van der Waals surface area contributed by atoms with Gasteiger partial charge in [0, 0.05) is 42.5 Å². The van der Waals surface area contributed by atoms with Gasteiger partial charge in [0.2, 0.25) is 0 Å². The van der Waals surface area contributed by atoms with E-state index in [1.807, 2.05) is 0 Å². The average Bonchev–Trinajstić information content (AvgIpc) is 3.31. The summed E-state index contributed by atoms with van der Waals surface area (Å²) in [5.74, 6) is -3.06. The van der Waals surface area contributed by atoms with Gasteiger partial charge in [0.15, 0.2) is 0 Å². The van der Waals surface area contributed by atoms with Crippen molar-refractivity contribution in [2.24, 2.45) is 0 Å². The predicted molar refractivity (Wildman–Crippen MR) is 122 cm³/mol. The quantitative estimate of drug-likeness (QED) is 0.278. The van der Waals surface area contributed by atoms with Crippen LogP contribution in [0.2, 0.25) is 0 Å². The maximum absolute atomic E-state index is 14.4. The number of nitrogens with one attached hydrogen (secondary N) is 1. The molecule has 0 saturated carbocycles. The summed E-state index contributed by atoms with van der Waals surface area (Å²) in [6, 6.07) is 0.986. The Morgan fingerprint density at radius 1 is 1.30 bits per heavy atom. The fourth-order valence-corrected chi connectivity index (χ4v) is 3.98. The number of benzene rings is 1. The largest absolute Gasteiger partial charge is 0.416 e. The molecule has 2 atom stereocenters. The summed E-state index contributed by atoms with van der Waals surface area (Å²) in [7, 11) is 1.25. The van der Waals surface area contributed by atoms with Gasteiger partial charge in [0.25, 0.3) is 0 Å². The van der Waals surface area contributed by atoms with Crippen LogP contribution in [0.5, 0.6) is 0 Å². The maximum Gasteiger partial charge on any atom is 0.416 e. The Morgan fingerprint density at radius 3 is 2.65 bits per heavy atom. The number of anilines is 2. The molecule has 1 saturated heterocycles. The molecular formula is C23H24CuF4N6O3. The van der Waals surface area contributed by atoms with E-state index in [9.17, 15) is 27.2 Å². The molecule has 14 heteroatoms. The van der Waals surface area contributed by atoms with Crippen molar-refractivity contribution in [2.75, 3.05) is 24.7 Å². The molecule has 3 aromatic rings. The van der Waals surface area contributed by atoms with E-state index < -0.39 is 35.4 Å². The molecule has 1 aliphatic rings. The second kappa shape index (κ2) is 11.0. The van der Waals surface area contributed by atoms with E-state index in [2.05, 4.69) is 15.4 Å². The zero-order valence-corrected chi connectivity index (χ0v) is 20.7. The summed E-state index contributed by atoms with van der Waals surface area (Å²) in [5, 5.41) is 7.38. The first-order chi connectivity index (χ1) is 17.0. The number of hydrogen-bond donors (Lipinski definition) is 2. The van der Waals surface area contributed by atoms with Crippen LogP contribution in [0.1, 0.15) is 49.6 Å². The van der Waals surface area contributed by atoms with Crippen LogP contribution in [0.15, 0.2) is 30.6 Å². The van der Waals surface area contributed by atoms with Gasteiger partial charge in [-0.25, -0.2) is 14.1 Å². The Balaban J connectivity index is 0.00000380. The Hall–Kier alpha value is -3.22. The number of nitrogen functional groups attached to an aromatic ring is 1. The van der Waals surface area contributed by atoms with Crippen molar-refractivity contribution in [1.82, 2.24) is 19.7 Å². The smallest absolute Gasteiger partial charge is 0.383 e. The van der Waals surface area contributed by atoms with E-state index >= 15 is 0 Å². The molecule has 2 unspecified atom stereocenters. The van der Waals surface area contributed by atoms with Gasteiger partial charge in [0.05, 0.1) is 28.9 Å². The van der Waals surface area contributed by atoms with Crippen LogP contribution < -0.4 is 11.1 Å². The Morgan fingerprint density at radius 2 is 2.03 bits per heavy atom. The van der Waals surface area contributed by atoms with E-state index in [0.29, 0.717) is 23.6 Å². The van der Waals surface area contributed by atoms with Crippen LogP contribution in [0, 0.1) is 5.82 Å². The van der Waals surface area contributed by atoms with Crippen molar-refractivity contribution in [2.45, 2.75) is 44.6 Å². The number of aromatic nitrogens is 3. The van der Waals surface area contributed by atoms with Crippen LogP contribution in [0.25, 0.3) is 10.9 Å². The van der Waals surface area contributed by atoms with Gasteiger partial charge >= 0.3 is 18.0 Å². The number of halogens is 4. The minimum atomic E-state index is -4.71. The van der Waals surface area contributed by atoms with E-state index in [-0.39, 0.29) is 40.4 Å². The average molecular weight is 572 g/mol. The number of likely N-dealkylation sites (N-methyl/N-ethyl adjacent to an activating group) is 1. The number of amides is 2. The molecular weight excluding hydrogens is 548 g/mol. The van der Waals surface area contributed by atoms with Gasteiger partial charge in [-0.2, -0.15) is 18.3 Å². The topological polar surface area (TPSA) is 115 Å². The van der Waals surface area contributed by atoms with Gasteiger partial charge in [-0.05, 0) is 38.3 Å². The van der Waals surface area contributed by atoms with Crippen LogP contribution in [-0.2, 0) is 37.6 Å². The molecule has 2 aromatic heterocycles. The standard InChI is InChI=1S/C23H24F4N6O3.Cu/c1-12(14-7-6-13(9-16(14)24)23(25,26)27)32(2)22(35)21(34)30-17-10-29-20(28)15-11-33(31-19(15)17)18-5-3-4-8-36-18;/h6-7,9-12,18H,3-5,8H2,1-2H3,(H2,28,29)(H,30,34);. The summed E-state index contributed by atoms with van der Waals surface area (Å²) in [6.45, 7) is 1.99. The first kappa shape index (κ1) is 28.4. The molecule has 1 aliphatic heterocycles. The third-order valence-corrected chi connectivity index (χ3v) is 6.17. The van der Waals surface area contributed by atoms with Crippen molar-refractivity contribution >= 4 is 34.2 Å². The monoisotopic (exact) mass is 571 g/mol. The molecule has 0 bridgehead atoms. The number of carbonyl (C=O) groups excluding carboxylic acids is 2. The minimum Gasteiger partial charge on any atom is -0.383 e. The number of carbonyl (C=O) groups is 2. The van der Waals surface area contributed by atoms with Gasteiger partial charge in [-0.1, -0.05) is 6.07 Å². The number of alkyl halides is 3. The fourth-order valence-electron chi connectivity index (χ4n) is 3.98. The molecule has 203 valence electrons. The number of nitrogens with zero attached hydrogens (tertiary/aromatic N) is 4. The second-order valence-electron chi connectivity index (χ2n) is 8.53. The molecule has 1 radical (unpaired) electrons. The summed E-state index contributed by atoms with van der Waals surface area (Å²) in [5.41, 5.74) is 5.08. The SMILES string of the molecule is CC(c1ccc(C(F)(F)F)cc1F)N(C)C(=O)C(=O)Nc1cnc(N)c2cn(C3CCCCO3)nc12.[Cu]. The van der Waals surface area contributed by atoms with Crippen LogP contribution in [-0.4, -0.2) is 45.1 Å². The molecule has 0 aliphatic carbocycles. The first-order valence-corrected chi connectivity index (χ1v) is 11.2. The number of rotatable bonds is 4. The summed E-state index contributed by atoms with van der Waals surface area (Å²) < 4.78 is 60.2. The predicted octanol–water partition coefficient (Wildman–Crippen LogP) is 4.03. The maximum atomic E-state index is 14.4. The molecule has 4 rings (SSSR count). The Kier molecular flexibility index (Phi) is 8.45. The van der Waals surface area contributed by atoms with Crippen molar-refractivity contribution in [3.05, 3.63) is 47.5 Å². The zero-order valence-electron chi connectivity index (χ0n) is 19.8. The van der Waals surface area contributed by atoms with Crippen LogP contribution in [0.4, 0.5) is 29.1 Å². The van der Waals surface area contributed by atoms with Gasteiger partial charge in [0.1, 0.15) is 23.4 Å². The Bertz CT molecular complexity index is 1310. The van der Waals surface area contributed by atoms with E-state index in [0.717, 1.165) is 36.3 Å². The summed E-state index contributed by atoms with van der Waals surface area (Å²) in [6.07, 6.45) is 0.599. The number of fused-ring (bicyclic) bond motifs is 1. The van der Waals surface area contributed by atoms with Crippen LogP contribution >= 0.6 is 0 Å². The first-order valence-electron chi connectivity index (χ1n) is 11.2. The van der Waals surface area contributed by atoms with Crippen molar-refractivity contribution in [1.29, 1.82) is 0 Å². The summed E-state index contributed by atoms with van der Waals surface area (Å²) in [4.78, 5) is 30.5. The second-order valence-corrected chi connectivity index (χ2v) is 8.53. The van der Waals surface area contributed by atoms with E-state index in [1.54, 1.807) is 10.9 Å². The van der Waals surface area contributed by atoms with E-state index in [4.69, 9.17) is 10.5 Å². The third kappa shape index (κ3) is 5.86. The van der Waals surface area contributed by atoms with Crippen molar-refractivity contribution in [3.8, 4) is 0 Å². The molecule has 3 heterocycles. The number of pyridine rings is 1. The number of hydrogen-bond acceptors (Lipinski definition) is 6. The molecule has 2 amide bonds. The molecule has 37 heavy (non-hydrogen) atoms. The fraction of sp³-hybridized carbons (Fsp3) is 0.391. The normalized spacial score (nSPS) is 16.6. The number of ether oxygens (including phenoxy) is 1. The van der Waals surface area contributed by atoms with Gasteiger partial charge in [-0.15, -0.1) is 0 Å². The van der Waals surface area contributed by atoms with E-state index in [1.165, 1.54) is 20.2 Å². The minimum absolute atomic E-state index is 0. The Labute approximate surface area is 219 Å². The molecule has 3 N–H and O–H groups in total. The third-order valence-electron chi connectivity index (χ3n) is 6.17. The van der Waals surface area contributed by atoms with Gasteiger partial charge < -0.3 is 20.7 Å². The zero-order chi connectivity index (χ0) is 26.2. The molecule has 0 spiro atoms. The molecule has 1 fully saturated rings. The van der Waals surface area contributed by atoms with Crippen LogP contribution in [0.3, 0.4) is 0 Å². The van der Waals surface area contributed by atoms with Gasteiger partial charge in [-0.3, -0.25) is 9.59 Å².